The van der Waals surface area contributed by atoms with Crippen LogP contribution in [0, 0.1) is 11.8 Å². The van der Waals surface area contributed by atoms with Gasteiger partial charge in [-0.2, -0.15) is 0 Å². The van der Waals surface area contributed by atoms with Crippen molar-refractivity contribution in [2.24, 2.45) is 11.8 Å². The Hall–Kier alpha value is -0.330. The van der Waals surface area contributed by atoms with Crippen LogP contribution in [0.25, 0.3) is 0 Å². The van der Waals surface area contributed by atoms with Gasteiger partial charge in [0.25, 0.3) is 0 Å². The highest BCUT2D eigenvalue weighted by Crippen LogP contribution is 2.30. The molecule has 0 heterocycles. The zero-order valence-electron chi connectivity index (χ0n) is 7.60. The molecule has 0 radical (unpaired) electrons. The predicted molar refractivity (Wildman–Crippen MR) is 46.4 cm³/mol. The van der Waals surface area contributed by atoms with Crippen LogP contribution in [0.1, 0.15) is 46.0 Å². The first-order valence-corrected chi connectivity index (χ1v) is 4.79. The third-order valence-electron chi connectivity index (χ3n) is 2.74. The maximum absolute atomic E-state index is 11.4. The smallest absolute Gasteiger partial charge is 0.138 e. The molecule has 0 spiro atoms. The minimum absolute atomic E-state index is 0.358. The van der Waals surface area contributed by atoms with Crippen LogP contribution in [0.5, 0.6) is 0 Å². The fourth-order valence-electron chi connectivity index (χ4n) is 1.88. The molecule has 0 aliphatic heterocycles. The Bertz CT molecular complexity index is 140. The Morgan fingerprint density at radius 2 is 2.18 bits per heavy atom. The third kappa shape index (κ3) is 2.05. The van der Waals surface area contributed by atoms with Gasteiger partial charge in [-0.3, -0.25) is 4.79 Å². The zero-order valence-corrected chi connectivity index (χ0v) is 7.60. The summed E-state index contributed by atoms with van der Waals surface area (Å²) < 4.78 is 0. The van der Waals surface area contributed by atoms with Crippen molar-refractivity contribution in [2.75, 3.05) is 0 Å². The van der Waals surface area contributed by atoms with Crippen LogP contribution in [-0.4, -0.2) is 5.78 Å². The minimum Gasteiger partial charge on any atom is -0.299 e. The first-order chi connectivity index (χ1) is 5.25. The van der Waals surface area contributed by atoms with E-state index in [1.54, 1.807) is 0 Å². The van der Waals surface area contributed by atoms with E-state index in [0.717, 1.165) is 19.3 Å². The monoisotopic (exact) mass is 154 g/mol. The standard InChI is InChI=1S/C10H18O/c1-3-4-5-9-7-6-8(2)10(9)11/h8-9H,3-7H2,1-2H3. The van der Waals surface area contributed by atoms with Gasteiger partial charge in [0.1, 0.15) is 5.78 Å². The molecule has 0 aromatic carbocycles. The topological polar surface area (TPSA) is 17.1 Å². The summed E-state index contributed by atoms with van der Waals surface area (Å²) in [6.45, 7) is 4.25. The molecule has 0 amide bonds. The molecule has 0 saturated heterocycles. The lowest BCUT2D eigenvalue weighted by atomic mass is 9.98. The van der Waals surface area contributed by atoms with Crippen molar-refractivity contribution in [2.45, 2.75) is 46.0 Å². The number of rotatable bonds is 3. The van der Waals surface area contributed by atoms with Crippen molar-refractivity contribution in [3.05, 3.63) is 0 Å². The molecular weight excluding hydrogens is 136 g/mol. The lowest BCUT2D eigenvalue weighted by molar-refractivity contribution is -0.123. The summed E-state index contributed by atoms with van der Waals surface area (Å²) in [4.78, 5) is 11.4. The van der Waals surface area contributed by atoms with Crippen LogP contribution >= 0.6 is 0 Å². The van der Waals surface area contributed by atoms with Gasteiger partial charge in [-0.25, -0.2) is 0 Å². The van der Waals surface area contributed by atoms with E-state index in [2.05, 4.69) is 13.8 Å². The summed E-state index contributed by atoms with van der Waals surface area (Å²) in [5, 5.41) is 0. The van der Waals surface area contributed by atoms with Crippen molar-refractivity contribution < 1.29 is 4.79 Å². The second kappa shape index (κ2) is 3.89. The maximum atomic E-state index is 11.4. The summed E-state index contributed by atoms with van der Waals surface area (Å²) in [5.74, 6) is 1.31. The van der Waals surface area contributed by atoms with E-state index in [9.17, 15) is 4.79 Å². The van der Waals surface area contributed by atoms with E-state index in [4.69, 9.17) is 0 Å². The number of hydrogen-bond donors (Lipinski definition) is 0. The first kappa shape index (κ1) is 8.76. The molecule has 1 aliphatic carbocycles. The van der Waals surface area contributed by atoms with E-state index < -0.39 is 0 Å². The lowest BCUT2D eigenvalue weighted by Crippen LogP contribution is -2.11. The SMILES string of the molecule is CCCCC1CCC(C)C1=O. The number of hydrogen-bond acceptors (Lipinski definition) is 1. The lowest BCUT2D eigenvalue weighted by Gasteiger charge is -2.05. The van der Waals surface area contributed by atoms with Crippen LogP contribution < -0.4 is 0 Å². The van der Waals surface area contributed by atoms with Crippen LogP contribution in [-0.2, 0) is 4.79 Å². The molecule has 2 atom stereocenters. The number of Topliss-reactive ketones (excluding diaryl/α,β-unsaturated/α-hetero) is 1. The highest BCUT2D eigenvalue weighted by atomic mass is 16.1. The van der Waals surface area contributed by atoms with Crippen LogP contribution in [0.15, 0.2) is 0 Å². The zero-order chi connectivity index (χ0) is 8.27. The maximum Gasteiger partial charge on any atom is 0.138 e. The van der Waals surface area contributed by atoms with E-state index in [1.165, 1.54) is 12.8 Å². The van der Waals surface area contributed by atoms with Gasteiger partial charge in [-0.15, -0.1) is 0 Å². The van der Waals surface area contributed by atoms with Gasteiger partial charge in [0.05, 0.1) is 0 Å². The molecule has 1 nitrogen and oxygen atoms in total. The molecule has 2 unspecified atom stereocenters. The Morgan fingerprint density at radius 3 is 2.64 bits per heavy atom. The molecule has 1 aliphatic rings. The van der Waals surface area contributed by atoms with Gasteiger partial charge >= 0.3 is 0 Å². The summed E-state index contributed by atoms with van der Waals surface area (Å²) >= 11 is 0. The highest BCUT2D eigenvalue weighted by Gasteiger charge is 2.29. The fourth-order valence-corrected chi connectivity index (χ4v) is 1.88. The summed E-state index contributed by atoms with van der Waals surface area (Å²) in [6, 6.07) is 0. The highest BCUT2D eigenvalue weighted by molar-refractivity contribution is 5.84. The van der Waals surface area contributed by atoms with E-state index in [-0.39, 0.29) is 0 Å². The second-order valence-electron chi connectivity index (χ2n) is 3.72. The largest absolute Gasteiger partial charge is 0.299 e. The molecular formula is C10H18O. The number of unbranched alkanes of at least 4 members (excludes halogenated alkanes) is 1. The number of carbonyl (C=O) groups excluding carboxylic acids is 1. The van der Waals surface area contributed by atoms with Crippen molar-refractivity contribution in [3.8, 4) is 0 Å². The number of carbonyl (C=O) groups is 1. The Balaban J connectivity index is 2.30. The van der Waals surface area contributed by atoms with Gasteiger partial charge in [0.2, 0.25) is 0 Å². The van der Waals surface area contributed by atoms with Crippen LogP contribution in [0.4, 0.5) is 0 Å². The second-order valence-corrected chi connectivity index (χ2v) is 3.72. The molecule has 64 valence electrons. The molecule has 0 bridgehead atoms. The first-order valence-electron chi connectivity index (χ1n) is 4.79. The van der Waals surface area contributed by atoms with Crippen LogP contribution in [0.2, 0.25) is 0 Å². The van der Waals surface area contributed by atoms with Crippen molar-refractivity contribution in [1.82, 2.24) is 0 Å². The minimum atomic E-state index is 0.358. The van der Waals surface area contributed by atoms with Gasteiger partial charge in [0.15, 0.2) is 0 Å². The van der Waals surface area contributed by atoms with Crippen molar-refractivity contribution >= 4 is 5.78 Å². The Labute approximate surface area is 69.2 Å². The normalized spacial score (nSPS) is 31.3. The molecule has 1 heteroatoms. The molecule has 1 fully saturated rings. The Kier molecular flexibility index (Phi) is 3.10. The molecule has 0 aromatic rings. The van der Waals surface area contributed by atoms with Crippen molar-refractivity contribution in [3.63, 3.8) is 0 Å². The van der Waals surface area contributed by atoms with Crippen molar-refractivity contribution in [1.29, 1.82) is 0 Å². The average Bonchev–Trinajstić information content (AvgIpc) is 2.31. The van der Waals surface area contributed by atoms with E-state index in [0.29, 0.717) is 17.6 Å². The van der Waals surface area contributed by atoms with Gasteiger partial charge < -0.3 is 0 Å². The predicted octanol–water partition coefficient (Wildman–Crippen LogP) is 2.79. The van der Waals surface area contributed by atoms with Gasteiger partial charge in [-0.1, -0.05) is 26.7 Å². The summed E-state index contributed by atoms with van der Waals surface area (Å²) in [7, 11) is 0. The van der Waals surface area contributed by atoms with E-state index >= 15 is 0 Å². The average molecular weight is 154 g/mol. The summed E-state index contributed by atoms with van der Waals surface area (Å²) in [6.07, 6.45) is 5.87. The molecule has 0 N–H and O–H groups in total. The molecule has 0 aromatic heterocycles. The molecule has 1 rings (SSSR count). The quantitative estimate of drug-likeness (QED) is 0.611. The Morgan fingerprint density at radius 1 is 1.45 bits per heavy atom. The van der Waals surface area contributed by atoms with Gasteiger partial charge in [0, 0.05) is 11.8 Å². The third-order valence-corrected chi connectivity index (χ3v) is 2.74. The fraction of sp³-hybridized carbons (Fsp3) is 0.900. The molecule has 11 heavy (non-hydrogen) atoms. The summed E-state index contributed by atoms with van der Waals surface area (Å²) in [5.41, 5.74) is 0. The number of ketones is 1. The molecule has 1 saturated carbocycles. The van der Waals surface area contributed by atoms with E-state index in [1.807, 2.05) is 0 Å². The van der Waals surface area contributed by atoms with Crippen LogP contribution in [0.3, 0.4) is 0 Å². The van der Waals surface area contributed by atoms with Gasteiger partial charge in [-0.05, 0) is 19.3 Å².